The highest BCUT2D eigenvalue weighted by atomic mass is 16.6. The molecule has 11 heteroatoms. The van der Waals surface area contributed by atoms with Gasteiger partial charge in [0.1, 0.15) is 34.9 Å². The van der Waals surface area contributed by atoms with Crippen molar-refractivity contribution in [3.63, 3.8) is 0 Å². The Morgan fingerprint density at radius 1 is 0.875 bits per heavy atom. The third kappa shape index (κ3) is 10.8. The molecule has 40 heavy (non-hydrogen) atoms. The van der Waals surface area contributed by atoms with E-state index in [0.717, 1.165) is 0 Å². The molecule has 0 radical (unpaired) electrons. The van der Waals surface area contributed by atoms with E-state index in [1.807, 2.05) is 12.2 Å². The maximum atomic E-state index is 13.6. The van der Waals surface area contributed by atoms with Crippen LogP contribution in [-0.4, -0.2) is 75.7 Å². The molecule has 2 aliphatic rings. The number of nitrogens with one attached hydrogen (secondary N) is 2. The second-order valence-corrected chi connectivity index (χ2v) is 13.4. The smallest absolute Gasteiger partial charge is 0.408 e. The van der Waals surface area contributed by atoms with Gasteiger partial charge in [-0.2, -0.15) is 0 Å². The highest BCUT2D eigenvalue weighted by Crippen LogP contribution is 2.30. The van der Waals surface area contributed by atoms with E-state index in [-0.39, 0.29) is 31.2 Å². The van der Waals surface area contributed by atoms with Crippen LogP contribution in [0.4, 0.5) is 4.79 Å². The third-order valence-corrected chi connectivity index (χ3v) is 6.06. The first-order chi connectivity index (χ1) is 18.3. The lowest BCUT2D eigenvalue weighted by Gasteiger charge is -2.34. The van der Waals surface area contributed by atoms with Gasteiger partial charge < -0.3 is 29.7 Å². The highest BCUT2D eigenvalue weighted by molar-refractivity contribution is 5.94. The molecule has 0 aromatic rings. The SMILES string of the molecule is CC(C)(C)OC(=O)CC[C@H](NC(=O)[C@@H]1CC[C@H]2C/C=C\C[C@H](NC(=O)OC(C)(C)C)C(=O)N21)C(=O)OC(C)(C)C. The minimum absolute atomic E-state index is 0.0226. The quantitative estimate of drug-likeness (QED) is 0.271. The molecule has 2 heterocycles. The summed E-state index contributed by atoms with van der Waals surface area (Å²) in [4.78, 5) is 66.5. The Morgan fingerprint density at radius 2 is 1.45 bits per heavy atom. The van der Waals surface area contributed by atoms with Gasteiger partial charge in [0.25, 0.3) is 0 Å². The molecule has 1 saturated heterocycles. The van der Waals surface area contributed by atoms with Gasteiger partial charge in [-0.3, -0.25) is 14.4 Å². The molecule has 2 aliphatic heterocycles. The topological polar surface area (TPSA) is 140 Å². The molecule has 4 atom stereocenters. The molecule has 3 amide bonds. The van der Waals surface area contributed by atoms with Crippen LogP contribution in [0.15, 0.2) is 12.2 Å². The number of hydrogen-bond donors (Lipinski definition) is 2. The molecule has 0 aliphatic carbocycles. The summed E-state index contributed by atoms with van der Waals surface area (Å²) in [5.74, 6) is -2.08. The Bertz CT molecular complexity index is 987. The number of fused-ring (bicyclic) bond motifs is 1. The van der Waals surface area contributed by atoms with Crippen molar-refractivity contribution in [3.8, 4) is 0 Å². The van der Waals surface area contributed by atoms with Gasteiger partial charge in [0, 0.05) is 12.5 Å². The summed E-state index contributed by atoms with van der Waals surface area (Å²) < 4.78 is 16.2. The number of amides is 3. The van der Waals surface area contributed by atoms with Crippen LogP contribution in [0.3, 0.4) is 0 Å². The van der Waals surface area contributed by atoms with Crippen molar-refractivity contribution in [2.75, 3.05) is 0 Å². The lowest BCUT2D eigenvalue weighted by atomic mass is 10.0. The fourth-order valence-corrected chi connectivity index (χ4v) is 4.59. The van der Waals surface area contributed by atoms with Crippen molar-refractivity contribution in [3.05, 3.63) is 12.2 Å². The number of hydrogen-bond acceptors (Lipinski definition) is 8. The maximum absolute atomic E-state index is 13.6. The highest BCUT2D eigenvalue weighted by Gasteiger charge is 2.44. The summed E-state index contributed by atoms with van der Waals surface area (Å²) in [5, 5.41) is 5.37. The van der Waals surface area contributed by atoms with E-state index in [0.29, 0.717) is 19.3 Å². The number of esters is 2. The van der Waals surface area contributed by atoms with Crippen LogP contribution in [0, 0.1) is 0 Å². The van der Waals surface area contributed by atoms with Crippen LogP contribution in [0.2, 0.25) is 0 Å². The number of alkyl carbamates (subject to hydrolysis) is 1. The Morgan fingerprint density at radius 3 is 2.02 bits per heavy atom. The van der Waals surface area contributed by atoms with E-state index < -0.39 is 58.9 Å². The van der Waals surface area contributed by atoms with Crippen molar-refractivity contribution >= 4 is 29.8 Å². The molecule has 0 aromatic heterocycles. The van der Waals surface area contributed by atoms with Crippen LogP contribution in [0.5, 0.6) is 0 Å². The molecule has 1 fully saturated rings. The van der Waals surface area contributed by atoms with Crippen molar-refractivity contribution < 1.29 is 38.2 Å². The lowest BCUT2D eigenvalue weighted by molar-refractivity contribution is -0.160. The molecule has 226 valence electrons. The molecule has 0 unspecified atom stereocenters. The van der Waals surface area contributed by atoms with E-state index in [1.54, 1.807) is 62.3 Å². The summed E-state index contributed by atoms with van der Waals surface area (Å²) in [5.41, 5.74) is -2.24. The first-order valence-corrected chi connectivity index (χ1v) is 14.0. The fraction of sp³-hybridized carbons (Fsp3) is 0.759. The van der Waals surface area contributed by atoms with Crippen LogP contribution in [0.1, 0.15) is 101 Å². The number of nitrogens with zero attached hydrogens (tertiary/aromatic N) is 1. The standard InChI is InChI=1S/C29H47N3O8/c1-27(2,3)38-22(33)17-15-20(25(36)39-28(4,5)6)30-23(34)21-16-14-18-12-10-11-13-19(24(35)32(18)21)31-26(37)40-29(7,8)9/h10-11,18-21H,12-17H2,1-9H3,(H,30,34)(H,31,37)/b11-10-/t18-,19+,20+,21+/m1/s1. The number of rotatable bonds is 7. The predicted molar refractivity (Wildman–Crippen MR) is 148 cm³/mol. The maximum Gasteiger partial charge on any atom is 0.408 e. The zero-order chi connectivity index (χ0) is 30.5. The fourth-order valence-electron chi connectivity index (χ4n) is 4.59. The molecule has 2 rings (SSSR count). The number of carbonyl (C=O) groups excluding carboxylic acids is 5. The normalized spacial score (nSPS) is 23.2. The summed E-state index contributed by atoms with van der Waals surface area (Å²) in [6, 6.07) is -3.10. The Kier molecular flexibility index (Phi) is 10.8. The molecule has 11 nitrogen and oxygen atoms in total. The monoisotopic (exact) mass is 565 g/mol. The zero-order valence-corrected chi connectivity index (χ0v) is 25.4. The Hall–Kier alpha value is -3.11. The number of carbonyl (C=O) groups is 5. The van der Waals surface area contributed by atoms with Gasteiger partial charge in [-0.1, -0.05) is 12.2 Å². The van der Waals surface area contributed by atoms with E-state index in [9.17, 15) is 24.0 Å². The summed E-state index contributed by atoms with van der Waals surface area (Å²) >= 11 is 0. The largest absolute Gasteiger partial charge is 0.460 e. The molecule has 2 N–H and O–H groups in total. The van der Waals surface area contributed by atoms with Gasteiger partial charge >= 0.3 is 18.0 Å². The molecular weight excluding hydrogens is 518 g/mol. The number of ether oxygens (including phenoxy) is 3. The lowest BCUT2D eigenvalue weighted by Crippen LogP contribution is -2.58. The van der Waals surface area contributed by atoms with Crippen LogP contribution in [0.25, 0.3) is 0 Å². The summed E-state index contributed by atoms with van der Waals surface area (Å²) in [6.07, 6.45) is 4.75. The minimum atomic E-state index is -1.11. The van der Waals surface area contributed by atoms with Gasteiger partial charge in [-0.05, 0) is 94.4 Å². The predicted octanol–water partition coefficient (Wildman–Crippen LogP) is 3.54. The van der Waals surface area contributed by atoms with Crippen molar-refractivity contribution in [2.45, 2.75) is 142 Å². The molecule has 0 spiro atoms. The van der Waals surface area contributed by atoms with Gasteiger partial charge in [-0.25, -0.2) is 9.59 Å². The van der Waals surface area contributed by atoms with E-state index in [2.05, 4.69) is 10.6 Å². The van der Waals surface area contributed by atoms with Crippen LogP contribution >= 0.6 is 0 Å². The second kappa shape index (κ2) is 13.0. The van der Waals surface area contributed by atoms with Crippen LogP contribution < -0.4 is 10.6 Å². The Labute approximate surface area is 237 Å². The third-order valence-electron chi connectivity index (χ3n) is 6.06. The average Bonchev–Trinajstić information content (AvgIpc) is 3.16. The van der Waals surface area contributed by atoms with E-state index >= 15 is 0 Å². The average molecular weight is 566 g/mol. The molecular formula is C29H47N3O8. The van der Waals surface area contributed by atoms with Crippen molar-refractivity contribution in [1.29, 1.82) is 0 Å². The minimum Gasteiger partial charge on any atom is -0.460 e. The van der Waals surface area contributed by atoms with Gasteiger partial charge in [-0.15, -0.1) is 0 Å². The Balaban J connectivity index is 2.21. The molecule has 0 saturated carbocycles. The first-order valence-electron chi connectivity index (χ1n) is 14.0. The van der Waals surface area contributed by atoms with Crippen LogP contribution in [-0.2, 0) is 33.4 Å². The van der Waals surface area contributed by atoms with Crippen molar-refractivity contribution in [1.82, 2.24) is 15.5 Å². The zero-order valence-electron chi connectivity index (χ0n) is 25.4. The van der Waals surface area contributed by atoms with E-state index in [1.165, 1.54) is 4.90 Å². The molecule has 0 aromatic carbocycles. The van der Waals surface area contributed by atoms with Gasteiger partial charge in [0.2, 0.25) is 11.8 Å². The molecule has 0 bridgehead atoms. The summed E-state index contributed by atoms with van der Waals surface area (Å²) in [6.45, 7) is 15.6. The second-order valence-electron chi connectivity index (χ2n) is 13.4. The van der Waals surface area contributed by atoms with Crippen molar-refractivity contribution in [2.24, 2.45) is 0 Å². The van der Waals surface area contributed by atoms with E-state index in [4.69, 9.17) is 14.2 Å². The first kappa shape index (κ1) is 33.1. The van der Waals surface area contributed by atoms with Gasteiger partial charge in [0.15, 0.2) is 0 Å². The summed E-state index contributed by atoms with van der Waals surface area (Å²) in [7, 11) is 0. The van der Waals surface area contributed by atoms with Gasteiger partial charge in [0.05, 0.1) is 0 Å².